The van der Waals surface area contributed by atoms with Crippen LogP contribution in [-0.4, -0.2) is 55.5 Å². The highest BCUT2D eigenvalue weighted by Gasteiger charge is 2.20. The molecule has 1 aromatic rings. The van der Waals surface area contributed by atoms with Crippen LogP contribution in [0.15, 0.2) is 30.3 Å². The second-order valence-corrected chi connectivity index (χ2v) is 6.32. The Balaban J connectivity index is 1.65. The van der Waals surface area contributed by atoms with E-state index in [0.29, 0.717) is 25.8 Å². The highest BCUT2D eigenvalue weighted by molar-refractivity contribution is 5.79. The lowest BCUT2D eigenvalue weighted by Gasteiger charge is -2.36. The molecule has 1 atom stereocenters. The zero-order valence-electron chi connectivity index (χ0n) is 14.4. The van der Waals surface area contributed by atoms with E-state index in [-0.39, 0.29) is 17.9 Å². The fourth-order valence-corrected chi connectivity index (χ4v) is 2.77. The number of rotatable bonds is 7. The van der Waals surface area contributed by atoms with Crippen LogP contribution in [0.25, 0.3) is 0 Å². The predicted molar refractivity (Wildman–Crippen MR) is 95.7 cm³/mol. The molecule has 1 aromatic carbocycles. The number of nitrogens with two attached hydrogens (primary N) is 1. The molecule has 1 heterocycles. The zero-order valence-corrected chi connectivity index (χ0v) is 14.4. The van der Waals surface area contributed by atoms with Gasteiger partial charge in [0, 0.05) is 57.3 Å². The van der Waals surface area contributed by atoms with Crippen molar-refractivity contribution < 1.29 is 9.59 Å². The largest absolute Gasteiger partial charge is 0.368 e. The normalized spacial score (nSPS) is 15.9. The van der Waals surface area contributed by atoms with E-state index >= 15 is 0 Å². The van der Waals surface area contributed by atoms with Crippen LogP contribution in [0.1, 0.15) is 26.2 Å². The van der Waals surface area contributed by atoms with Crippen LogP contribution in [-0.2, 0) is 9.59 Å². The van der Waals surface area contributed by atoms with Gasteiger partial charge in [-0.1, -0.05) is 18.2 Å². The van der Waals surface area contributed by atoms with Gasteiger partial charge in [-0.15, -0.1) is 0 Å². The van der Waals surface area contributed by atoms with Crippen molar-refractivity contribution in [1.29, 1.82) is 0 Å². The van der Waals surface area contributed by atoms with Gasteiger partial charge < -0.3 is 20.9 Å². The lowest BCUT2D eigenvalue weighted by atomic mass is 10.2. The molecule has 6 nitrogen and oxygen atoms in total. The maximum absolute atomic E-state index is 12.2. The Labute approximate surface area is 144 Å². The summed E-state index contributed by atoms with van der Waals surface area (Å²) in [4.78, 5) is 28.0. The molecule has 132 valence electrons. The number of nitrogens with zero attached hydrogens (tertiary/aromatic N) is 2. The van der Waals surface area contributed by atoms with E-state index in [1.807, 2.05) is 30.0 Å². The van der Waals surface area contributed by atoms with Gasteiger partial charge in [0.1, 0.15) is 0 Å². The summed E-state index contributed by atoms with van der Waals surface area (Å²) in [6, 6.07) is 10.3. The Morgan fingerprint density at radius 2 is 1.79 bits per heavy atom. The molecule has 0 aromatic heterocycles. The van der Waals surface area contributed by atoms with Crippen LogP contribution in [0.3, 0.4) is 0 Å². The van der Waals surface area contributed by atoms with E-state index in [1.165, 1.54) is 5.69 Å². The van der Waals surface area contributed by atoms with E-state index in [0.717, 1.165) is 26.2 Å². The van der Waals surface area contributed by atoms with Crippen LogP contribution < -0.4 is 16.0 Å². The molecule has 0 aliphatic carbocycles. The van der Waals surface area contributed by atoms with Gasteiger partial charge in [-0.3, -0.25) is 9.59 Å². The Bertz CT molecular complexity index is 525. The van der Waals surface area contributed by atoms with Crippen molar-refractivity contribution in [2.75, 3.05) is 37.6 Å². The zero-order chi connectivity index (χ0) is 17.4. The molecule has 3 N–H and O–H groups in total. The van der Waals surface area contributed by atoms with E-state index in [2.05, 4.69) is 22.3 Å². The summed E-state index contributed by atoms with van der Waals surface area (Å²) < 4.78 is 0. The summed E-state index contributed by atoms with van der Waals surface area (Å²) in [5.41, 5.74) is 6.82. The van der Waals surface area contributed by atoms with Crippen LogP contribution in [0, 0.1) is 0 Å². The van der Waals surface area contributed by atoms with Crippen LogP contribution in [0.5, 0.6) is 0 Å². The first-order chi connectivity index (χ1) is 11.6. The molecule has 1 saturated heterocycles. The third-order valence-electron chi connectivity index (χ3n) is 4.24. The van der Waals surface area contributed by atoms with Crippen LogP contribution in [0.4, 0.5) is 5.69 Å². The molecule has 0 radical (unpaired) electrons. The Kier molecular flexibility index (Phi) is 7.06. The van der Waals surface area contributed by atoms with Crippen molar-refractivity contribution >= 4 is 17.5 Å². The summed E-state index contributed by atoms with van der Waals surface area (Å²) in [7, 11) is 0. The topological polar surface area (TPSA) is 78.7 Å². The van der Waals surface area contributed by atoms with Gasteiger partial charge in [-0.25, -0.2) is 0 Å². The van der Waals surface area contributed by atoms with Gasteiger partial charge in [-0.05, 0) is 25.5 Å². The second-order valence-electron chi connectivity index (χ2n) is 6.32. The first kappa shape index (κ1) is 18.3. The van der Waals surface area contributed by atoms with Gasteiger partial charge in [0.25, 0.3) is 0 Å². The van der Waals surface area contributed by atoms with Gasteiger partial charge in [0.2, 0.25) is 11.8 Å². The first-order valence-electron chi connectivity index (χ1n) is 8.66. The summed E-state index contributed by atoms with van der Waals surface area (Å²) in [6.07, 6.45) is 1.44. The van der Waals surface area contributed by atoms with Crippen molar-refractivity contribution in [2.24, 2.45) is 5.73 Å². The molecule has 2 amide bonds. The maximum Gasteiger partial charge on any atom is 0.224 e. The number of amides is 2. The van der Waals surface area contributed by atoms with E-state index in [4.69, 9.17) is 5.73 Å². The third-order valence-corrected chi connectivity index (χ3v) is 4.24. The number of hydrogen-bond donors (Lipinski definition) is 2. The van der Waals surface area contributed by atoms with Crippen LogP contribution in [0.2, 0.25) is 0 Å². The fourth-order valence-electron chi connectivity index (χ4n) is 2.77. The highest BCUT2D eigenvalue weighted by atomic mass is 16.2. The van der Waals surface area contributed by atoms with Gasteiger partial charge in [-0.2, -0.15) is 0 Å². The van der Waals surface area contributed by atoms with Crippen molar-refractivity contribution in [2.45, 2.75) is 32.2 Å². The third kappa shape index (κ3) is 5.85. The molecule has 1 aliphatic heterocycles. The maximum atomic E-state index is 12.2. The Morgan fingerprint density at radius 3 is 2.42 bits per heavy atom. The molecule has 2 rings (SSSR count). The lowest BCUT2D eigenvalue weighted by Crippen LogP contribution is -2.49. The smallest absolute Gasteiger partial charge is 0.224 e. The van der Waals surface area contributed by atoms with Crippen molar-refractivity contribution in [3.63, 3.8) is 0 Å². The number of para-hydroxylation sites is 1. The van der Waals surface area contributed by atoms with Crippen molar-refractivity contribution in [3.05, 3.63) is 30.3 Å². The molecule has 6 heteroatoms. The van der Waals surface area contributed by atoms with Gasteiger partial charge >= 0.3 is 0 Å². The number of benzene rings is 1. The number of anilines is 1. The number of carbonyl (C=O) groups excluding carboxylic acids is 2. The minimum atomic E-state index is -0.0333. The van der Waals surface area contributed by atoms with E-state index in [9.17, 15) is 9.59 Å². The molecule has 24 heavy (non-hydrogen) atoms. The molecule has 0 spiro atoms. The Hall–Kier alpha value is -2.08. The monoisotopic (exact) mass is 332 g/mol. The van der Waals surface area contributed by atoms with Crippen LogP contribution >= 0.6 is 0 Å². The average molecular weight is 332 g/mol. The Morgan fingerprint density at radius 1 is 1.12 bits per heavy atom. The predicted octanol–water partition coefficient (Wildman–Crippen LogP) is 0.969. The summed E-state index contributed by atoms with van der Waals surface area (Å²) in [5.74, 6) is 0.0733. The van der Waals surface area contributed by atoms with E-state index < -0.39 is 0 Å². The summed E-state index contributed by atoms with van der Waals surface area (Å²) in [6.45, 7) is 5.42. The molecule has 0 bridgehead atoms. The lowest BCUT2D eigenvalue weighted by molar-refractivity contribution is -0.131. The minimum absolute atomic E-state index is 0.0262. The highest BCUT2D eigenvalue weighted by Crippen LogP contribution is 2.15. The molecule has 1 aliphatic rings. The number of nitrogens with one attached hydrogen (secondary N) is 1. The molecular weight excluding hydrogens is 304 g/mol. The molecular formula is C18H28N4O2. The minimum Gasteiger partial charge on any atom is -0.368 e. The fraction of sp³-hybridized carbons (Fsp3) is 0.556. The summed E-state index contributed by atoms with van der Waals surface area (Å²) in [5, 5.41) is 2.79. The standard InChI is InChI=1S/C18H28N4O2/c1-15(19)7-8-17(23)20-10-9-18(24)22-13-11-21(12-14-22)16-5-3-2-4-6-16/h2-6,15H,7-14,19H2,1H3,(H,20,23). The van der Waals surface area contributed by atoms with Crippen molar-refractivity contribution in [1.82, 2.24) is 10.2 Å². The molecule has 1 unspecified atom stereocenters. The first-order valence-corrected chi connectivity index (χ1v) is 8.66. The number of carbonyl (C=O) groups is 2. The summed E-state index contributed by atoms with van der Waals surface area (Å²) >= 11 is 0. The number of hydrogen-bond acceptors (Lipinski definition) is 4. The average Bonchev–Trinajstić information content (AvgIpc) is 2.61. The molecule has 1 fully saturated rings. The quantitative estimate of drug-likeness (QED) is 0.780. The SMILES string of the molecule is CC(N)CCC(=O)NCCC(=O)N1CCN(c2ccccc2)CC1. The molecule has 0 saturated carbocycles. The van der Waals surface area contributed by atoms with E-state index in [1.54, 1.807) is 0 Å². The van der Waals surface area contributed by atoms with Gasteiger partial charge in [0.05, 0.1) is 0 Å². The second kappa shape index (κ2) is 9.27. The van der Waals surface area contributed by atoms with Crippen molar-refractivity contribution in [3.8, 4) is 0 Å². The van der Waals surface area contributed by atoms with Gasteiger partial charge in [0.15, 0.2) is 0 Å². The number of piperazine rings is 1.